The molecule has 1 unspecified atom stereocenters. The van der Waals surface area contributed by atoms with Gasteiger partial charge in [-0.1, -0.05) is 17.4 Å². The highest BCUT2D eigenvalue weighted by atomic mass is 32.2. The van der Waals surface area contributed by atoms with Crippen molar-refractivity contribution in [3.63, 3.8) is 0 Å². The molecule has 1 atom stereocenters. The second-order valence-corrected chi connectivity index (χ2v) is 7.71. The summed E-state index contributed by atoms with van der Waals surface area (Å²) >= 11 is 1.65. The molecule has 0 aromatic carbocycles. The van der Waals surface area contributed by atoms with Crippen LogP contribution >= 0.6 is 22.7 Å². The molecule has 3 N–H and O–H groups in total. The van der Waals surface area contributed by atoms with Gasteiger partial charge in [-0.25, -0.2) is 8.42 Å². The van der Waals surface area contributed by atoms with Gasteiger partial charge in [0.25, 0.3) is 10.0 Å². The van der Waals surface area contributed by atoms with Crippen molar-refractivity contribution in [2.24, 2.45) is 0 Å². The molecular formula is C10H10N2O5S3. The summed E-state index contributed by atoms with van der Waals surface area (Å²) < 4.78 is 26.2. The molecule has 0 spiro atoms. The summed E-state index contributed by atoms with van der Waals surface area (Å²) in [4.78, 5) is 24.6. The zero-order valence-electron chi connectivity index (χ0n) is 10.1. The second kappa shape index (κ2) is 5.48. The number of nitrogens with one attached hydrogen (secondary N) is 2. The molecule has 0 amide bonds. The molecule has 10 heteroatoms. The Morgan fingerprint density at radius 3 is 2.65 bits per heavy atom. The number of carboxylic acid groups (broad SMARTS) is 1. The van der Waals surface area contributed by atoms with Crippen LogP contribution < -0.4 is 9.60 Å². The molecule has 0 radical (unpaired) electrons. The van der Waals surface area contributed by atoms with Gasteiger partial charge >= 0.3 is 10.8 Å². The lowest BCUT2D eigenvalue weighted by Crippen LogP contribution is -2.33. The fraction of sp³-hybridized carbons (Fsp3) is 0.200. The Labute approximate surface area is 122 Å². The standard InChI is InChI=1S/C10H10N2O5S3/c1-5-9(19-10(15)11-5)20(16,17)12-7(8(13)14)6-3-2-4-18-6/h2-4,7,12H,1H3,(H,11,15)(H,13,14). The maximum atomic E-state index is 12.2. The summed E-state index contributed by atoms with van der Waals surface area (Å²) in [5.74, 6) is -1.31. The summed E-state index contributed by atoms with van der Waals surface area (Å²) in [6.07, 6.45) is 0. The van der Waals surface area contributed by atoms with E-state index in [1.165, 1.54) is 13.0 Å². The number of H-pyrrole nitrogens is 1. The van der Waals surface area contributed by atoms with Gasteiger partial charge in [-0.05, 0) is 18.4 Å². The maximum absolute atomic E-state index is 12.2. The molecule has 0 bridgehead atoms. The van der Waals surface area contributed by atoms with Crippen LogP contribution in [0.3, 0.4) is 0 Å². The molecule has 0 aliphatic heterocycles. The predicted octanol–water partition coefficient (Wildman–Crippen LogP) is 0.911. The molecule has 0 saturated carbocycles. The zero-order chi connectivity index (χ0) is 14.9. The van der Waals surface area contributed by atoms with Crippen LogP contribution in [0.25, 0.3) is 0 Å². The number of hydrogen-bond donors (Lipinski definition) is 3. The Hall–Kier alpha value is -1.49. The minimum atomic E-state index is -4.08. The quantitative estimate of drug-likeness (QED) is 0.751. The maximum Gasteiger partial charge on any atom is 0.327 e. The Kier molecular flexibility index (Phi) is 4.09. The van der Waals surface area contributed by atoms with Crippen LogP contribution in [-0.2, 0) is 14.8 Å². The van der Waals surface area contributed by atoms with Crippen molar-refractivity contribution in [1.82, 2.24) is 9.71 Å². The minimum Gasteiger partial charge on any atom is -0.480 e. The number of carboxylic acids is 1. The molecule has 7 nitrogen and oxygen atoms in total. The fourth-order valence-electron chi connectivity index (χ4n) is 1.54. The van der Waals surface area contributed by atoms with E-state index >= 15 is 0 Å². The highest BCUT2D eigenvalue weighted by Gasteiger charge is 2.30. The van der Waals surface area contributed by atoms with Crippen LogP contribution in [0.2, 0.25) is 0 Å². The SMILES string of the molecule is Cc1[nH]c(=O)sc1S(=O)(=O)NC(C(=O)O)c1cccs1. The first kappa shape index (κ1) is 14.9. The summed E-state index contributed by atoms with van der Waals surface area (Å²) in [5.41, 5.74) is 0.183. The Balaban J connectivity index is 2.38. The van der Waals surface area contributed by atoms with Crippen LogP contribution in [0, 0.1) is 6.92 Å². The summed E-state index contributed by atoms with van der Waals surface area (Å²) in [5, 5.41) is 10.8. The molecule has 0 fully saturated rings. The molecule has 20 heavy (non-hydrogen) atoms. The monoisotopic (exact) mass is 334 g/mol. The number of hydrogen-bond acceptors (Lipinski definition) is 6. The lowest BCUT2D eigenvalue weighted by Gasteiger charge is -2.12. The van der Waals surface area contributed by atoms with Gasteiger partial charge in [-0.3, -0.25) is 9.59 Å². The molecule has 2 rings (SSSR count). The van der Waals surface area contributed by atoms with Crippen molar-refractivity contribution in [3.05, 3.63) is 37.8 Å². The molecule has 108 valence electrons. The van der Waals surface area contributed by atoms with Gasteiger partial charge in [0, 0.05) is 10.6 Å². The molecule has 2 aromatic heterocycles. The van der Waals surface area contributed by atoms with Crippen molar-refractivity contribution in [1.29, 1.82) is 0 Å². The minimum absolute atomic E-state index is 0.183. The highest BCUT2D eigenvalue weighted by Crippen LogP contribution is 2.23. The Bertz CT molecular complexity index is 772. The largest absolute Gasteiger partial charge is 0.480 e. The molecule has 2 aromatic rings. The third-order valence-electron chi connectivity index (χ3n) is 2.37. The fourth-order valence-corrected chi connectivity index (χ4v) is 4.87. The van der Waals surface area contributed by atoms with Gasteiger partial charge in [0.05, 0.1) is 0 Å². The van der Waals surface area contributed by atoms with E-state index < -0.39 is 26.9 Å². The van der Waals surface area contributed by atoms with E-state index in [-0.39, 0.29) is 9.90 Å². The molecule has 0 aliphatic rings. The van der Waals surface area contributed by atoms with Crippen molar-refractivity contribution >= 4 is 38.7 Å². The lowest BCUT2D eigenvalue weighted by molar-refractivity contribution is -0.139. The van der Waals surface area contributed by atoms with Crippen LogP contribution in [-0.4, -0.2) is 24.5 Å². The molecular weight excluding hydrogens is 324 g/mol. The summed E-state index contributed by atoms with van der Waals surface area (Å²) in [7, 11) is -4.08. The van der Waals surface area contributed by atoms with E-state index in [9.17, 15) is 18.0 Å². The first-order valence-corrected chi connectivity index (χ1v) is 8.47. The number of sulfonamides is 1. The lowest BCUT2D eigenvalue weighted by atomic mass is 10.3. The smallest absolute Gasteiger partial charge is 0.327 e. The number of aromatic amines is 1. The average Bonchev–Trinajstić information content (AvgIpc) is 2.95. The summed E-state index contributed by atoms with van der Waals surface area (Å²) in [6.45, 7) is 1.44. The van der Waals surface area contributed by atoms with Gasteiger partial charge in [0.15, 0.2) is 10.3 Å². The number of thiazole rings is 1. The van der Waals surface area contributed by atoms with Crippen molar-refractivity contribution in [3.8, 4) is 0 Å². The Morgan fingerprint density at radius 1 is 1.50 bits per heavy atom. The predicted molar refractivity (Wildman–Crippen MR) is 74.7 cm³/mol. The average molecular weight is 334 g/mol. The van der Waals surface area contributed by atoms with Gasteiger partial charge in [-0.15, -0.1) is 11.3 Å². The van der Waals surface area contributed by atoms with Gasteiger partial charge in [0.1, 0.15) is 0 Å². The van der Waals surface area contributed by atoms with E-state index in [0.29, 0.717) is 16.2 Å². The van der Waals surface area contributed by atoms with Gasteiger partial charge in [0.2, 0.25) is 0 Å². The zero-order valence-corrected chi connectivity index (χ0v) is 12.6. The van der Waals surface area contributed by atoms with Crippen LogP contribution in [0.15, 0.2) is 26.5 Å². The van der Waals surface area contributed by atoms with Crippen LogP contribution in [0.5, 0.6) is 0 Å². The number of carbonyl (C=O) groups is 1. The van der Waals surface area contributed by atoms with E-state index in [2.05, 4.69) is 9.71 Å². The number of thiophene rings is 1. The van der Waals surface area contributed by atoms with Gasteiger partial charge < -0.3 is 10.1 Å². The number of aromatic nitrogens is 1. The van der Waals surface area contributed by atoms with Crippen molar-refractivity contribution < 1.29 is 18.3 Å². The molecule has 0 aliphatic carbocycles. The van der Waals surface area contributed by atoms with E-state index in [1.54, 1.807) is 11.4 Å². The van der Waals surface area contributed by atoms with E-state index in [0.717, 1.165) is 11.3 Å². The topological polar surface area (TPSA) is 116 Å². The number of aliphatic carboxylic acids is 1. The van der Waals surface area contributed by atoms with E-state index in [4.69, 9.17) is 5.11 Å². The normalized spacial score (nSPS) is 13.2. The van der Waals surface area contributed by atoms with Crippen molar-refractivity contribution in [2.75, 3.05) is 0 Å². The van der Waals surface area contributed by atoms with Crippen LogP contribution in [0.4, 0.5) is 0 Å². The number of aryl methyl sites for hydroxylation is 1. The van der Waals surface area contributed by atoms with Crippen LogP contribution in [0.1, 0.15) is 16.6 Å². The first-order chi connectivity index (χ1) is 9.31. The van der Waals surface area contributed by atoms with Gasteiger partial charge in [-0.2, -0.15) is 4.72 Å². The third kappa shape index (κ3) is 2.98. The summed E-state index contributed by atoms with van der Waals surface area (Å²) in [6, 6.07) is 1.78. The van der Waals surface area contributed by atoms with Crippen molar-refractivity contribution in [2.45, 2.75) is 17.2 Å². The highest BCUT2D eigenvalue weighted by molar-refractivity contribution is 7.91. The van der Waals surface area contributed by atoms with E-state index in [1.807, 2.05) is 0 Å². The second-order valence-electron chi connectivity index (χ2n) is 3.83. The third-order valence-corrected chi connectivity index (χ3v) is 6.34. The Morgan fingerprint density at radius 2 is 2.20 bits per heavy atom. The number of rotatable bonds is 5. The molecule has 2 heterocycles. The first-order valence-electron chi connectivity index (χ1n) is 5.29. The molecule has 0 saturated heterocycles.